The fourth-order valence-electron chi connectivity index (χ4n) is 9.59. The lowest BCUT2D eigenvalue weighted by atomic mass is 9.75. The molecule has 6 aromatic carbocycles. The monoisotopic (exact) mass is 867 g/mol. The second kappa shape index (κ2) is 18.6. The molecule has 320 valence electrons. The van der Waals surface area contributed by atoms with E-state index in [-0.39, 0.29) is 11.2 Å². The Morgan fingerprint density at radius 3 is 1.62 bits per heavy atom. The van der Waals surface area contributed by atoms with Crippen LogP contribution in [0.25, 0.3) is 31.9 Å². The second-order valence-corrected chi connectivity index (χ2v) is 22.6. The average molecular weight is 868 g/mol. The number of aliphatic imine (C=N–C) groups is 1. The maximum atomic E-state index is 13.5. The SMILES string of the molecule is C=C=N[Si](C)(C)C.[C-]#[N+]c1cccc(-c2ccc3c(c2)C(=NC#N)C2(CCOc4ccccc4C2)C3)c1.[C-]#[N+]c1cccc(-c2ccc3c(c2)C(=O)C2(CCOc4ccccc4C2)C3)c1. The Morgan fingerprint density at radius 2 is 1.09 bits per heavy atom. The lowest BCUT2D eigenvalue weighted by Gasteiger charge is -2.27. The number of carbonyl (C=O) groups is 1. The van der Waals surface area contributed by atoms with Crippen LogP contribution in [-0.4, -0.2) is 38.8 Å². The molecule has 0 aromatic heterocycles. The van der Waals surface area contributed by atoms with E-state index >= 15 is 0 Å². The van der Waals surface area contributed by atoms with Crippen molar-refractivity contribution >= 4 is 37.0 Å². The summed E-state index contributed by atoms with van der Waals surface area (Å²) in [5.41, 5.74) is 11.9. The zero-order valence-electron chi connectivity index (χ0n) is 37.0. The summed E-state index contributed by atoms with van der Waals surface area (Å²) in [4.78, 5) is 24.9. The van der Waals surface area contributed by atoms with Crippen LogP contribution in [0, 0.1) is 35.4 Å². The lowest BCUT2D eigenvalue weighted by molar-refractivity contribution is 0.0789. The molecular weight excluding hydrogens is 819 g/mol. The molecule has 6 aromatic rings. The van der Waals surface area contributed by atoms with Crippen LogP contribution in [0.15, 0.2) is 150 Å². The fourth-order valence-corrected chi connectivity index (χ4v) is 10.1. The third-order valence-corrected chi connectivity index (χ3v) is 13.5. The first-order valence-electron chi connectivity index (χ1n) is 21.9. The first-order chi connectivity index (χ1) is 31.5. The molecule has 0 N–H and O–H groups in total. The lowest BCUT2D eigenvalue weighted by Crippen LogP contribution is -2.32. The van der Waals surface area contributed by atoms with Crippen molar-refractivity contribution in [3.63, 3.8) is 0 Å². The summed E-state index contributed by atoms with van der Waals surface area (Å²) in [6.45, 7) is 25.5. The third kappa shape index (κ3) is 9.38. The van der Waals surface area contributed by atoms with Gasteiger partial charge in [-0.1, -0.05) is 97.1 Å². The molecule has 8 nitrogen and oxygen atoms in total. The molecule has 0 saturated carbocycles. The quantitative estimate of drug-likeness (QED) is 0.0766. The van der Waals surface area contributed by atoms with Crippen LogP contribution in [0.3, 0.4) is 0 Å². The average Bonchev–Trinajstić information content (AvgIpc) is 3.55. The molecule has 0 bridgehead atoms. The van der Waals surface area contributed by atoms with E-state index in [1.165, 1.54) is 11.1 Å². The highest BCUT2D eigenvalue weighted by atomic mass is 28.3. The predicted molar refractivity (Wildman–Crippen MR) is 262 cm³/mol. The standard InChI is InChI=1S/C26H19N3O.C25H19NO2.C5H11NSi/c1-28-22-7-4-6-18(13-22)19-9-10-20-15-26(25(29-17-27)23(20)14-19)11-12-30-24-8-3-2-5-21(24)16-26;1-26-21-7-4-6-17(13-21)18-9-10-19-15-25(24(27)22(19)14-18)11-12-28-23-8-3-2-5-20(23)16-25;1-5-6-7(2,3)4/h2-10,13-14H,11-12,15-16H2;2-10,13-14H,11-12,15-16H2;1H2,2-4H3. The molecule has 4 aliphatic rings. The van der Waals surface area contributed by atoms with Crippen molar-refractivity contribution in [2.45, 2.75) is 58.2 Å². The van der Waals surface area contributed by atoms with Gasteiger partial charge in [-0.25, -0.2) is 9.69 Å². The number of para-hydroxylation sites is 2. The number of Topliss-reactive ketones (excluding diaryl/α,β-unsaturated/α-hetero) is 1. The summed E-state index contributed by atoms with van der Waals surface area (Å²) < 4.78 is 16.0. The zero-order chi connectivity index (χ0) is 45.6. The molecule has 10 rings (SSSR count). The van der Waals surface area contributed by atoms with Crippen molar-refractivity contribution in [3.05, 3.63) is 196 Å². The van der Waals surface area contributed by atoms with Crippen LogP contribution in [0.5, 0.6) is 11.5 Å². The number of rotatable bonds is 3. The van der Waals surface area contributed by atoms with Gasteiger partial charge in [0.15, 0.2) is 25.4 Å². The molecule has 0 fully saturated rings. The van der Waals surface area contributed by atoms with E-state index in [2.05, 4.69) is 100 Å². The molecule has 0 amide bonds. The van der Waals surface area contributed by atoms with E-state index < -0.39 is 13.7 Å². The van der Waals surface area contributed by atoms with E-state index in [0.29, 0.717) is 24.6 Å². The van der Waals surface area contributed by atoms with Crippen LogP contribution in [-0.2, 0) is 25.7 Å². The Hall–Kier alpha value is -7.60. The molecule has 0 saturated heterocycles. The van der Waals surface area contributed by atoms with E-state index in [1.54, 1.807) is 6.07 Å². The first kappa shape index (κ1) is 44.0. The number of nitrogens with zero attached hydrogens (tertiary/aromatic N) is 5. The molecule has 2 heterocycles. The molecule has 2 unspecified atom stereocenters. The van der Waals surface area contributed by atoms with E-state index in [0.717, 1.165) is 100 Å². The van der Waals surface area contributed by atoms with Crippen molar-refractivity contribution in [2.75, 3.05) is 13.2 Å². The molecular formula is C56H49N5O3Si. The summed E-state index contributed by atoms with van der Waals surface area (Å²) in [6.07, 6.45) is 6.75. The van der Waals surface area contributed by atoms with E-state index in [4.69, 9.17) is 22.6 Å². The summed E-state index contributed by atoms with van der Waals surface area (Å²) in [7, 11) is -1.21. The smallest absolute Gasteiger partial charge is 0.205 e. The number of ketones is 1. The summed E-state index contributed by atoms with van der Waals surface area (Å²) >= 11 is 0. The number of nitriles is 1. The first-order valence-corrected chi connectivity index (χ1v) is 25.3. The maximum Gasteiger partial charge on any atom is 0.205 e. The van der Waals surface area contributed by atoms with Gasteiger partial charge in [0.25, 0.3) is 0 Å². The van der Waals surface area contributed by atoms with Crippen molar-refractivity contribution in [3.8, 4) is 39.9 Å². The highest BCUT2D eigenvalue weighted by Crippen LogP contribution is 2.48. The molecule has 9 heteroatoms. The van der Waals surface area contributed by atoms with Crippen LogP contribution in [0.1, 0.15) is 51.0 Å². The van der Waals surface area contributed by atoms with Crippen molar-refractivity contribution in [1.29, 1.82) is 5.26 Å². The topological polar surface area (TPSA) is 92.8 Å². The summed E-state index contributed by atoms with van der Waals surface area (Å²) in [5.74, 6) is 4.60. The number of carbonyl (C=O) groups excluding carboxylic acids is 1. The Balaban J connectivity index is 0.000000155. The molecule has 2 atom stereocenters. The number of hydrogen-bond acceptors (Lipinski definition) is 6. The number of benzene rings is 6. The third-order valence-electron chi connectivity index (χ3n) is 12.6. The highest BCUT2D eigenvalue weighted by Gasteiger charge is 2.47. The largest absolute Gasteiger partial charge is 0.493 e. The second-order valence-electron chi connectivity index (χ2n) is 18.1. The Labute approximate surface area is 383 Å². The van der Waals surface area contributed by atoms with Gasteiger partial charge in [0.2, 0.25) is 6.19 Å². The van der Waals surface area contributed by atoms with Crippen molar-refractivity contribution < 1.29 is 14.3 Å². The van der Waals surface area contributed by atoms with E-state index in [9.17, 15) is 10.1 Å². The highest BCUT2D eigenvalue weighted by molar-refractivity contribution is 6.75. The Morgan fingerprint density at radius 1 is 0.615 bits per heavy atom. The van der Waals surface area contributed by atoms with Gasteiger partial charge in [-0.05, 0) is 152 Å². The number of hydrogen-bond donors (Lipinski definition) is 0. The van der Waals surface area contributed by atoms with Crippen molar-refractivity contribution in [2.24, 2.45) is 20.5 Å². The normalized spacial score (nSPS) is 19.2. The Bertz CT molecular complexity index is 3030. The Kier molecular flexibility index (Phi) is 12.6. The minimum absolute atomic E-state index is 0.228. The molecule has 2 spiro atoms. The summed E-state index contributed by atoms with van der Waals surface area (Å²) in [6, 6.07) is 43.9. The van der Waals surface area contributed by atoms with Gasteiger partial charge in [0.05, 0.1) is 32.1 Å². The minimum atomic E-state index is -1.21. The van der Waals surface area contributed by atoms with Gasteiger partial charge in [-0.3, -0.25) is 9.45 Å². The fraction of sp³-hybridized carbons (Fsp3) is 0.232. The van der Waals surface area contributed by atoms with E-state index in [1.807, 2.05) is 84.9 Å². The molecule has 2 aliphatic carbocycles. The van der Waals surface area contributed by atoms with Crippen LogP contribution in [0.2, 0.25) is 19.6 Å². The molecule has 0 radical (unpaired) electrons. The van der Waals surface area contributed by atoms with Crippen LogP contribution < -0.4 is 9.47 Å². The molecule has 2 aliphatic heterocycles. The maximum absolute atomic E-state index is 13.5. The number of fused-ring (bicyclic) bond motifs is 4. The summed E-state index contributed by atoms with van der Waals surface area (Å²) in [5, 5.41) is 9.48. The van der Waals surface area contributed by atoms with Gasteiger partial charge in [-0.2, -0.15) is 10.3 Å². The van der Waals surface area contributed by atoms with Gasteiger partial charge >= 0.3 is 0 Å². The zero-order valence-corrected chi connectivity index (χ0v) is 38.0. The molecule has 65 heavy (non-hydrogen) atoms. The predicted octanol–water partition coefficient (Wildman–Crippen LogP) is 13.1. The van der Waals surface area contributed by atoms with Gasteiger partial charge in [-0.15, -0.1) is 0 Å². The van der Waals surface area contributed by atoms with Gasteiger partial charge < -0.3 is 9.47 Å². The van der Waals surface area contributed by atoms with Crippen LogP contribution in [0.4, 0.5) is 11.4 Å². The number of ether oxygens (including phenoxy) is 2. The van der Waals surface area contributed by atoms with Gasteiger partial charge in [0.1, 0.15) is 11.5 Å². The van der Waals surface area contributed by atoms with Gasteiger partial charge in [0, 0.05) is 22.0 Å². The minimum Gasteiger partial charge on any atom is -0.493 e. The van der Waals surface area contributed by atoms with Crippen molar-refractivity contribution in [1.82, 2.24) is 0 Å². The van der Waals surface area contributed by atoms with Crippen LogP contribution >= 0.6 is 0 Å².